The molecule has 0 atom stereocenters. The van der Waals surface area contributed by atoms with Crippen molar-refractivity contribution in [2.45, 2.75) is 27.3 Å². The van der Waals surface area contributed by atoms with E-state index in [2.05, 4.69) is 4.98 Å². The van der Waals surface area contributed by atoms with Gasteiger partial charge in [0.15, 0.2) is 0 Å². The van der Waals surface area contributed by atoms with Gasteiger partial charge in [-0.2, -0.15) is 8.78 Å². The van der Waals surface area contributed by atoms with Crippen molar-refractivity contribution in [3.8, 4) is 0 Å². The second kappa shape index (κ2) is 4.87. The molecule has 0 unspecified atom stereocenters. The largest absolute Gasteiger partial charge is 0.320 e. The Labute approximate surface area is 87.5 Å². The summed E-state index contributed by atoms with van der Waals surface area (Å²) in [7, 11) is 0. The number of imidazole rings is 1. The Morgan fingerprint density at radius 1 is 1.27 bits per heavy atom. The van der Waals surface area contributed by atoms with Crippen LogP contribution in [0.4, 0.5) is 8.78 Å². The van der Waals surface area contributed by atoms with Crippen LogP contribution >= 0.6 is 0 Å². The van der Waals surface area contributed by atoms with E-state index in [1.165, 1.54) is 0 Å². The van der Waals surface area contributed by atoms with Crippen LogP contribution in [-0.4, -0.2) is 9.55 Å². The highest BCUT2D eigenvalue weighted by atomic mass is 19.3. The summed E-state index contributed by atoms with van der Waals surface area (Å²) in [6, 6.07) is 5.29. The van der Waals surface area contributed by atoms with E-state index in [4.69, 9.17) is 0 Å². The summed E-state index contributed by atoms with van der Waals surface area (Å²) in [5.41, 5.74) is 2.04. The quantitative estimate of drug-likeness (QED) is 0.703. The number of fused-ring (bicyclic) bond motifs is 1. The minimum atomic E-state index is -2.52. The van der Waals surface area contributed by atoms with Crippen LogP contribution in [0.1, 0.15) is 26.0 Å². The van der Waals surface area contributed by atoms with Gasteiger partial charge in [0.2, 0.25) is 0 Å². The average Bonchev–Trinajstić information content (AvgIpc) is 2.63. The van der Waals surface area contributed by atoms with Gasteiger partial charge in [0.1, 0.15) is 6.33 Å². The highest BCUT2D eigenvalue weighted by Crippen LogP contribution is 2.20. The zero-order valence-corrected chi connectivity index (χ0v) is 9.04. The molecule has 0 radical (unpaired) electrons. The third-order valence-electron chi connectivity index (χ3n) is 1.94. The number of rotatable bonds is 1. The summed E-state index contributed by atoms with van der Waals surface area (Å²) in [4.78, 5) is 3.86. The fraction of sp³-hybridized carbons (Fsp3) is 0.364. The van der Waals surface area contributed by atoms with Gasteiger partial charge >= 0.3 is 6.55 Å². The van der Waals surface area contributed by atoms with E-state index < -0.39 is 6.55 Å². The van der Waals surface area contributed by atoms with Crippen molar-refractivity contribution in [1.29, 1.82) is 0 Å². The van der Waals surface area contributed by atoms with Crippen LogP contribution in [0.2, 0.25) is 0 Å². The molecule has 0 amide bonds. The van der Waals surface area contributed by atoms with E-state index in [0.717, 1.165) is 16.5 Å². The normalized spacial score (nSPS) is 10.3. The van der Waals surface area contributed by atoms with E-state index in [9.17, 15) is 8.78 Å². The highest BCUT2D eigenvalue weighted by molar-refractivity contribution is 5.76. The molecule has 0 spiro atoms. The summed E-state index contributed by atoms with van der Waals surface area (Å²) in [5.74, 6) is 0. The molecule has 0 N–H and O–H groups in total. The molecule has 1 aromatic carbocycles. The summed E-state index contributed by atoms with van der Waals surface area (Å²) < 4.78 is 25.6. The lowest BCUT2D eigenvalue weighted by molar-refractivity contribution is 0.0746. The van der Waals surface area contributed by atoms with Crippen molar-refractivity contribution < 1.29 is 8.78 Å². The van der Waals surface area contributed by atoms with E-state index in [1.807, 2.05) is 26.8 Å². The van der Waals surface area contributed by atoms with Gasteiger partial charge in [-0.25, -0.2) is 4.98 Å². The van der Waals surface area contributed by atoms with Crippen LogP contribution in [0, 0.1) is 6.92 Å². The predicted molar refractivity (Wildman–Crippen MR) is 57.1 cm³/mol. The van der Waals surface area contributed by atoms with Crippen molar-refractivity contribution >= 4 is 11.0 Å². The molecule has 82 valence electrons. The maximum atomic E-state index is 12.4. The first-order valence-electron chi connectivity index (χ1n) is 4.90. The summed E-state index contributed by atoms with van der Waals surface area (Å²) >= 11 is 0. The topological polar surface area (TPSA) is 17.8 Å². The van der Waals surface area contributed by atoms with Crippen LogP contribution in [-0.2, 0) is 0 Å². The van der Waals surface area contributed by atoms with Crippen molar-refractivity contribution in [2.75, 3.05) is 0 Å². The number of aromatic nitrogens is 2. The van der Waals surface area contributed by atoms with Crippen molar-refractivity contribution in [2.24, 2.45) is 0 Å². The molecule has 0 aliphatic heterocycles. The molecular weight excluding hydrogens is 198 g/mol. The Morgan fingerprint density at radius 2 is 1.93 bits per heavy atom. The van der Waals surface area contributed by atoms with Gasteiger partial charge in [-0.15, -0.1) is 0 Å². The Bertz CT molecular complexity index is 435. The molecule has 0 saturated heterocycles. The minimum Gasteiger partial charge on any atom is -0.273 e. The van der Waals surface area contributed by atoms with Crippen LogP contribution in [0.15, 0.2) is 24.5 Å². The predicted octanol–water partition coefficient (Wildman–Crippen LogP) is 3.77. The summed E-state index contributed by atoms with van der Waals surface area (Å²) in [6.45, 7) is 3.34. The smallest absolute Gasteiger partial charge is 0.273 e. The molecule has 0 aliphatic rings. The molecule has 0 bridgehead atoms. The number of benzene rings is 1. The molecule has 2 rings (SSSR count). The van der Waals surface area contributed by atoms with Crippen LogP contribution in [0.5, 0.6) is 0 Å². The van der Waals surface area contributed by atoms with Crippen molar-refractivity contribution in [3.05, 3.63) is 30.1 Å². The Hall–Kier alpha value is -1.45. The lowest BCUT2D eigenvalue weighted by Gasteiger charge is -2.01. The lowest BCUT2D eigenvalue weighted by Crippen LogP contribution is -1.94. The van der Waals surface area contributed by atoms with Gasteiger partial charge in [-0.05, 0) is 24.6 Å². The number of hydrogen-bond acceptors (Lipinski definition) is 1. The minimum absolute atomic E-state index is 0.481. The Kier molecular flexibility index (Phi) is 3.77. The molecular formula is C11H14F2N2. The average molecular weight is 212 g/mol. The number of hydrogen-bond donors (Lipinski definition) is 0. The zero-order chi connectivity index (χ0) is 11.4. The molecule has 0 saturated carbocycles. The third kappa shape index (κ3) is 2.32. The van der Waals surface area contributed by atoms with Gasteiger partial charge in [0, 0.05) is 0 Å². The van der Waals surface area contributed by atoms with Gasteiger partial charge in [0.05, 0.1) is 11.0 Å². The zero-order valence-electron chi connectivity index (χ0n) is 9.04. The standard InChI is InChI=1S/C9H8F2N2.C2H6/c1-6-2-3-7-8(4-6)13(5-12-7)9(10)11;1-2/h2-5,9H,1H3;1-2H3. The van der Waals surface area contributed by atoms with Crippen LogP contribution < -0.4 is 0 Å². The first-order chi connectivity index (χ1) is 7.18. The first-order valence-corrected chi connectivity index (χ1v) is 4.90. The van der Waals surface area contributed by atoms with E-state index in [0.29, 0.717) is 11.0 Å². The van der Waals surface area contributed by atoms with Crippen LogP contribution in [0.3, 0.4) is 0 Å². The Morgan fingerprint density at radius 3 is 2.53 bits per heavy atom. The fourth-order valence-electron chi connectivity index (χ4n) is 1.29. The maximum absolute atomic E-state index is 12.4. The van der Waals surface area contributed by atoms with Crippen LogP contribution in [0.25, 0.3) is 11.0 Å². The van der Waals surface area contributed by atoms with E-state index in [1.54, 1.807) is 12.1 Å². The monoisotopic (exact) mass is 212 g/mol. The van der Waals surface area contributed by atoms with E-state index >= 15 is 0 Å². The summed E-state index contributed by atoms with van der Waals surface area (Å²) in [5, 5.41) is 0. The molecule has 2 nitrogen and oxygen atoms in total. The van der Waals surface area contributed by atoms with Gasteiger partial charge in [-0.1, -0.05) is 19.9 Å². The van der Waals surface area contributed by atoms with Crippen molar-refractivity contribution in [1.82, 2.24) is 9.55 Å². The second-order valence-corrected chi connectivity index (χ2v) is 2.92. The number of alkyl halides is 2. The fourth-order valence-corrected chi connectivity index (χ4v) is 1.29. The summed E-state index contributed by atoms with van der Waals surface area (Å²) in [6.07, 6.45) is 1.16. The first kappa shape index (κ1) is 11.6. The number of nitrogens with zero attached hydrogens (tertiary/aromatic N) is 2. The lowest BCUT2D eigenvalue weighted by atomic mass is 10.2. The third-order valence-corrected chi connectivity index (χ3v) is 1.94. The molecule has 15 heavy (non-hydrogen) atoms. The van der Waals surface area contributed by atoms with Gasteiger partial charge in [0.25, 0.3) is 0 Å². The molecule has 1 aromatic heterocycles. The highest BCUT2D eigenvalue weighted by Gasteiger charge is 2.09. The number of halogens is 2. The maximum Gasteiger partial charge on any atom is 0.320 e. The SMILES string of the molecule is CC.Cc1ccc2ncn(C(F)F)c2c1. The molecule has 0 aliphatic carbocycles. The molecule has 2 aromatic rings. The van der Waals surface area contributed by atoms with Crippen molar-refractivity contribution in [3.63, 3.8) is 0 Å². The van der Waals surface area contributed by atoms with Gasteiger partial charge < -0.3 is 0 Å². The number of aryl methyl sites for hydroxylation is 1. The molecule has 1 heterocycles. The van der Waals surface area contributed by atoms with Gasteiger partial charge in [-0.3, -0.25) is 4.57 Å². The Balaban J connectivity index is 0.000000531. The molecule has 4 heteroatoms. The van der Waals surface area contributed by atoms with E-state index in [-0.39, 0.29) is 0 Å². The molecule has 0 fully saturated rings. The second-order valence-electron chi connectivity index (χ2n) is 2.92.